The molecule has 0 spiro atoms. The fraction of sp³-hybridized carbons (Fsp3) is 0.235. The van der Waals surface area contributed by atoms with E-state index in [-0.39, 0.29) is 5.91 Å². The molecule has 0 radical (unpaired) electrons. The molecule has 0 heterocycles. The number of anilines is 1. The second kappa shape index (κ2) is 6.75. The van der Waals surface area contributed by atoms with Crippen LogP contribution in [0.4, 0.5) is 5.69 Å². The van der Waals surface area contributed by atoms with Crippen LogP contribution in [0.1, 0.15) is 28.4 Å². The molecular formula is C17H20N2O. The maximum atomic E-state index is 11.9. The molecule has 0 unspecified atom stereocenters. The first kappa shape index (κ1) is 14.1. The molecule has 0 aliphatic heterocycles. The number of nitrogens with one attached hydrogen (secondary N) is 1. The molecule has 2 rings (SSSR count). The number of benzene rings is 2. The smallest absolute Gasteiger partial charge is 0.251 e. The third-order valence-electron chi connectivity index (χ3n) is 3.30. The molecule has 3 heteroatoms. The van der Waals surface area contributed by atoms with Crippen LogP contribution in [-0.4, -0.2) is 12.5 Å². The summed E-state index contributed by atoms with van der Waals surface area (Å²) < 4.78 is 0. The zero-order valence-electron chi connectivity index (χ0n) is 11.7. The summed E-state index contributed by atoms with van der Waals surface area (Å²) in [5.74, 6) is -0.0600. The molecule has 20 heavy (non-hydrogen) atoms. The third kappa shape index (κ3) is 3.85. The number of nitrogen functional groups attached to an aromatic ring is 1. The van der Waals surface area contributed by atoms with Crippen LogP contribution < -0.4 is 11.1 Å². The molecule has 0 aliphatic carbocycles. The predicted octanol–water partition coefficient (Wildman–Crippen LogP) is 2.80. The first-order valence-electron chi connectivity index (χ1n) is 6.90. The molecule has 1 amide bonds. The summed E-state index contributed by atoms with van der Waals surface area (Å²) in [6, 6.07) is 15.5. The van der Waals surface area contributed by atoms with E-state index >= 15 is 0 Å². The second-order valence-electron chi connectivity index (χ2n) is 4.80. The van der Waals surface area contributed by atoms with Crippen molar-refractivity contribution in [2.75, 3.05) is 12.3 Å². The highest BCUT2D eigenvalue weighted by Gasteiger charge is 2.04. The standard InChI is InChI=1S/C17H20N2O/c1-2-13-3-5-14(6-4-13)11-12-19-17(20)15-7-9-16(18)10-8-15/h3-10H,2,11-12,18H2,1H3,(H,19,20). The van der Waals surface area contributed by atoms with E-state index in [2.05, 4.69) is 36.5 Å². The monoisotopic (exact) mass is 268 g/mol. The van der Waals surface area contributed by atoms with Crippen molar-refractivity contribution in [1.82, 2.24) is 5.32 Å². The summed E-state index contributed by atoms with van der Waals surface area (Å²) >= 11 is 0. The number of aryl methyl sites for hydroxylation is 1. The van der Waals surface area contributed by atoms with Crippen molar-refractivity contribution in [3.8, 4) is 0 Å². The minimum atomic E-state index is -0.0600. The van der Waals surface area contributed by atoms with E-state index in [1.54, 1.807) is 24.3 Å². The van der Waals surface area contributed by atoms with Gasteiger partial charge in [-0.3, -0.25) is 4.79 Å². The van der Waals surface area contributed by atoms with Crippen molar-refractivity contribution in [2.45, 2.75) is 19.8 Å². The Labute approximate surface area is 119 Å². The number of carbonyl (C=O) groups excluding carboxylic acids is 1. The average molecular weight is 268 g/mol. The lowest BCUT2D eigenvalue weighted by molar-refractivity contribution is 0.0954. The minimum Gasteiger partial charge on any atom is -0.399 e. The van der Waals surface area contributed by atoms with Gasteiger partial charge < -0.3 is 11.1 Å². The van der Waals surface area contributed by atoms with Gasteiger partial charge in [0, 0.05) is 17.8 Å². The molecule has 0 saturated heterocycles. The van der Waals surface area contributed by atoms with E-state index < -0.39 is 0 Å². The van der Waals surface area contributed by atoms with Gasteiger partial charge >= 0.3 is 0 Å². The Morgan fingerprint density at radius 1 is 1.00 bits per heavy atom. The lowest BCUT2D eigenvalue weighted by Gasteiger charge is -2.06. The summed E-state index contributed by atoms with van der Waals surface area (Å²) in [5, 5.41) is 2.92. The SMILES string of the molecule is CCc1ccc(CCNC(=O)c2ccc(N)cc2)cc1. The number of nitrogens with two attached hydrogens (primary N) is 1. The Balaban J connectivity index is 1.82. The first-order chi connectivity index (χ1) is 9.69. The van der Waals surface area contributed by atoms with Crippen LogP contribution in [0.3, 0.4) is 0 Å². The van der Waals surface area contributed by atoms with E-state index in [4.69, 9.17) is 5.73 Å². The molecule has 0 atom stereocenters. The highest BCUT2D eigenvalue weighted by atomic mass is 16.1. The van der Waals surface area contributed by atoms with Gasteiger partial charge in [0.15, 0.2) is 0 Å². The van der Waals surface area contributed by atoms with Gasteiger partial charge in [0.25, 0.3) is 5.91 Å². The van der Waals surface area contributed by atoms with Crippen LogP contribution in [0.25, 0.3) is 0 Å². The summed E-state index contributed by atoms with van der Waals surface area (Å²) in [5.41, 5.74) is 9.47. The lowest BCUT2D eigenvalue weighted by atomic mass is 10.1. The Morgan fingerprint density at radius 3 is 2.20 bits per heavy atom. The molecular weight excluding hydrogens is 248 g/mol. The number of hydrogen-bond donors (Lipinski definition) is 2. The number of amides is 1. The van der Waals surface area contributed by atoms with Crippen molar-refractivity contribution in [3.63, 3.8) is 0 Å². The molecule has 104 valence electrons. The maximum Gasteiger partial charge on any atom is 0.251 e. The molecule has 0 saturated carbocycles. The fourth-order valence-corrected chi connectivity index (χ4v) is 2.00. The average Bonchev–Trinajstić information content (AvgIpc) is 2.48. The lowest BCUT2D eigenvalue weighted by Crippen LogP contribution is -2.25. The van der Waals surface area contributed by atoms with E-state index in [1.165, 1.54) is 11.1 Å². The van der Waals surface area contributed by atoms with Crippen molar-refractivity contribution in [2.24, 2.45) is 0 Å². The van der Waals surface area contributed by atoms with Gasteiger partial charge in [-0.05, 0) is 48.2 Å². The van der Waals surface area contributed by atoms with Gasteiger partial charge in [-0.15, -0.1) is 0 Å². The molecule has 0 bridgehead atoms. The van der Waals surface area contributed by atoms with Crippen molar-refractivity contribution < 1.29 is 4.79 Å². The Bertz CT molecular complexity index is 559. The topological polar surface area (TPSA) is 55.1 Å². The highest BCUT2D eigenvalue weighted by Crippen LogP contribution is 2.07. The van der Waals surface area contributed by atoms with Gasteiger partial charge in [-0.2, -0.15) is 0 Å². The fourth-order valence-electron chi connectivity index (χ4n) is 2.00. The van der Waals surface area contributed by atoms with Crippen molar-refractivity contribution in [3.05, 3.63) is 65.2 Å². The van der Waals surface area contributed by atoms with Gasteiger partial charge in [-0.25, -0.2) is 0 Å². The molecule has 2 aromatic carbocycles. The molecule has 0 fully saturated rings. The van der Waals surface area contributed by atoms with E-state index in [0.29, 0.717) is 17.8 Å². The van der Waals surface area contributed by atoms with E-state index in [0.717, 1.165) is 12.8 Å². The highest BCUT2D eigenvalue weighted by molar-refractivity contribution is 5.94. The van der Waals surface area contributed by atoms with Crippen LogP contribution in [0.15, 0.2) is 48.5 Å². The quantitative estimate of drug-likeness (QED) is 0.819. The minimum absolute atomic E-state index is 0.0600. The predicted molar refractivity (Wildman–Crippen MR) is 82.7 cm³/mol. The van der Waals surface area contributed by atoms with E-state index in [9.17, 15) is 4.79 Å². The van der Waals surface area contributed by atoms with Crippen LogP contribution in [0.2, 0.25) is 0 Å². The summed E-state index contributed by atoms with van der Waals surface area (Å²) in [6.45, 7) is 2.77. The molecule has 3 nitrogen and oxygen atoms in total. The summed E-state index contributed by atoms with van der Waals surface area (Å²) in [7, 11) is 0. The molecule has 2 aromatic rings. The van der Waals surface area contributed by atoms with Crippen molar-refractivity contribution >= 4 is 11.6 Å². The van der Waals surface area contributed by atoms with Crippen LogP contribution in [0.5, 0.6) is 0 Å². The first-order valence-corrected chi connectivity index (χ1v) is 6.90. The normalized spacial score (nSPS) is 10.2. The Morgan fingerprint density at radius 2 is 1.60 bits per heavy atom. The Hall–Kier alpha value is -2.29. The largest absolute Gasteiger partial charge is 0.399 e. The van der Waals surface area contributed by atoms with Gasteiger partial charge in [0.2, 0.25) is 0 Å². The van der Waals surface area contributed by atoms with Crippen LogP contribution in [0, 0.1) is 0 Å². The van der Waals surface area contributed by atoms with Crippen LogP contribution >= 0.6 is 0 Å². The molecule has 3 N–H and O–H groups in total. The number of hydrogen-bond acceptors (Lipinski definition) is 2. The molecule has 0 aliphatic rings. The van der Waals surface area contributed by atoms with Gasteiger partial charge in [-0.1, -0.05) is 31.2 Å². The number of carbonyl (C=O) groups is 1. The van der Waals surface area contributed by atoms with Gasteiger partial charge in [0.05, 0.1) is 0 Å². The summed E-state index contributed by atoms with van der Waals surface area (Å²) in [6.07, 6.45) is 1.89. The maximum absolute atomic E-state index is 11.9. The van der Waals surface area contributed by atoms with Crippen molar-refractivity contribution in [1.29, 1.82) is 0 Å². The summed E-state index contributed by atoms with van der Waals surface area (Å²) in [4.78, 5) is 11.9. The van der Waals surface area contributed by atoms with Crippen LogP contribution in [-0.2, 0) is 12.8 Å². The second-order valence-corrected chi connectivity index (χ2v) is 4.80. The molecule has 0 aromatic heterocycles. The zero-order chi connectivity index (χ0) is 14.4. The van der Waals surface area contributed by atoms with Gasteiger partial charge in [0.1, 0.15) is 0 Å². The van der Waals surface area contributed by atoms with E-state index in [1.807, 2.05) is 0 Å². The Kier molecular flexibility index (Phi) is 4.77. The number of rotatable bonds is 5. The zero-order valence-corrected chi connectivity index (χ0v) is 11.7. The third-order valence-corrected chi connectivity index (χ3v) is 3.30.